The molecule has 2 saturated heterocycles. The molecule has 31 heavy (non-hydrogen) atoms. The van der Waals surface area contributed by atoms with Crippen molar-refractivity contribution >= 4 is 17.8 Å². The molecule has 2 amide bonds. The minimum absolute atomic E-state index is 0.00467. The Kier molecular flexibility index (Phi) is 7.09. The van der Waals surface area contributed by atoms with Gasteiger partial charge in [-0.3, -0.25) is 14.5 Å². The van der Waals surface area contributed by atoms with E-state index in [1.165, 1.54) is 0 Å². The van der Waals surface area contributed by atoms with Crippen LogP contribution in [0.3, 0.4) is 0 Å². The van der Waals surface area contributed by atoms with E-state index in [1.54, 1.807) is 17.3 Å². The summed E-state index contributed by atoms with van der Waals surface area (Å²) in [4.78, 5) is 39.8. The SMILES string of the molecule is O=C(NCCCN1CCN(c2ncccn2)CC1)[C@H]1CC(=O)N(Cc2ccccc2)C1. The van der Waals surface area contributed by atoms with Crippen LogP contribution in [0, 0.1) is 5.92 Å². The number of carbonyl (C=O) groups is 2. The first-order valence-corrected chi connectivity index (χ1v) is 11.0. The molecule has 1 aromatic heterocycles. The molecule has 2 aromatic rings. The molecule has 2 aliphatic rings. The summed E-state index contributed by atoms with van der Waals surface area (Å²) in [6.45, 7) is 6.44. The molecule has 0 unspecified atom stereocenters. The van der Waals surface area contributed by atoms with Crippen molar-refractivity contribution in [1.82, 2.24) is 25.1 Å². The van der Waals surface area contributed by atoms with E-state index in [4.69, 9.17) is 0 Å². The number of nitrogens with one attached hydrogen (secondary N) is 1. The largest absolute Gasteiger partial charge is 0.356 e. The van der Waals surface area contributed by atoms with Crippen molar-refractivity contribution in [3.63, 3.8) is 0 Å². The van der Waals surface area contributed by atoms with Gasteiger partial charge in [0.25, 0.3) is 0 Å². The number of piperazine rings is 1. The Balaban J connectivity index is 1.12. The molecule has 1 N–H and O–H groups in total. The molecule has 8 nitrogen and oxygen atoms in total. The first kappa shape index (κ1) is 21.2. The second-order valence-electron chi connectivity index (χ2n) is 8.18. The summed E-state index contributed by atoms with van der Waals surface area (Å²) >= 11 is 0. The lowest BCUT2D eigenvalue weighted by molar-refractivity contribution is -0.129. The average Bonchev–Trinajstić information content (AvgIpc) is 3.18. The molecule has 0 spiro atoms. The number of hydrogen-bond donors (Lipinski definition) is 1. The quantitative estimate of drug-likeness (QED) is 0.643. The number of amides is 2. The van der Waals surface area contributed by atoms with Gasteiger partial charge in [-0.15, -0.1) is 0 Å². The topological polar surface area (TPSA) is 81.7 Å². The molecule has 8 heteroatoms. The molecule has 0 bridgehead atoms. The lowest BCUT2D eigenvalue weighted by Gasteiger charge is -2.34. The maximum Gasteiger partial charge on any atom is 0.225 e. The smallest absolute Gasteiger partial charge is 0.225 e. The van der Waals surface area contributed by atoms with Crippen molar-refractivity contribution in [2.45, 2.75) is 19.4 Å². The van der Waals surface area contributed by atoms with Crippen molar-refractivity contribution in [3.8, 4) is 0 Å². The van der Waals surface area contributed by atoms with Crippen molar-refractivity contribution in [1.29, 1.82) is 0 Å². The maximum absolute atomic E-state index is 12.5. The summed E-state index contributed by atoms with van der Waals surface area (Å²) < 4.78 is 0. The van der Waals surface area contributed by atoms with Gasteiger partial charge in [-0.05, 0) is 24.6 Å². The zero-order chi connectivity index (χ0) is 21.5. The van der Waals surface area contributed by atoms with Gasteiger partial charge < -0.3 is 15.1 Å². The van der Waals surface area contributed by atoms with Crippen LogP contribution in [-0.2, 0) is 16.1 Å². The second kappa shape index (κ2) is 10.3. The van der Waals surface area contributed by atoms with E-state index in [9.17, 15) is 9.59 Å². The van der Waals surface area contributed by atoms with E-state index in [0.717, 1.165) is 50.7 Å². The van der Waals surface area contributed by atoms with Crippen molar-refractivity contribution in [2.75, 3.05) is 50.7 Å². The Labute approximate surface area is 183 Å². The van der Waals surface area contributed by atoms with Crippen LogP contribution in [-0.4, -0.2) is 77.4 Å². The molecule has 4 rings (SSSR count). The van der Waals surface area contributed by atoms with Crippen LogP contribution in [0.4, 0.5) is 5.95 Å². The van der Waals surface area contributed by atoms with Crippen LogP contribution in [0.2, 0.25) is 0 Å². The lowest BCUT2D eigenvalue weighted by atomic mass is 10.1. The predicted octanol–water partition coefficient (Wildman–Crippen LogP) is 1.15. The minimum Gasteiger partial charge on any atom is -0.356 e. The highest BCUT2D eigenvalue weighted by molar-refractivity contribution is 5.89. The van der Waals surface area contributed by atoms with Crippen LogP contribution in [0.15, 0.2) is 48.8 Å². The first-order chi connectivity index (χ1) is 15.2. The fourth-order valence-electron chi connectivity index (χ4n) is 4.19. The van der Waals surface area contributed by atoms with Gasteiger partial charge >= 0.3 is 0 Å². The third-order valence-corrected chi connectivity index (χ3v) is 5.96. The third kappa shape index (κ3) is 5.79. The molecule has 1 atom stereocenters. The summed E-state index contributed by atoms with van der Waals surface area (Å²) in [6, 6.07) is 11.7. The van der Waals surface area contributed by atoms with Crippen LogP contribution in [0.5, 0.6) is 0 Å². The van der Waals surface area contributed by atoms with E-state index in [0.29, 0.717) is 26.1 Å². The number of anilines is 1. The minimum atomic E-state index is -0.245. The van der Waals surface area contributed by atoms with Gasteiger partial charge in [0, 0.05) is 64.6 Å². The average molecular weight is 423 g/mol. The number of aromatic nitrogens is 2. The summed E-state index contributed by atoms with van der Waals surface area (Å²) in [7, 11) is 0. The monoisotopic (exact) mass is 422 g/mol. The Bertz CT molecular complexity index is 855. The Hall–Kier alpha value is -3.00. The predicted molar refractivity (Wildman–Crippen MR) is 118 cm³/mol. The lowest BCUT2D eigenvalue weighted by Crippen LogP contribution is -2.47. The zero-order valence-corrected chi connectivity index (χ0v) is 17.8. The van der Waals surface area contributed by atoms with Crippen molar-refractivity contribution in [2.24, 2.45) is 5.92 Å². The van der Waals surface area contributed by atoms with Crippen LogP contribution < -0.4 is 10.2 Å². The highest BCUT2D eigenvalue weighted by Gasteiger charge is 2.34. The van der Waals surface area contributed by atoms with Crippen LogP contribution in [0.25, 0.3) is 0 Å². The first-order valence-electron chi connectivity index (χ1n) is 11.0. The van der Waals surface area contributed by atoms with Gasteiger partial charge in [-0.25, -0.2) is 9.97 Å². The van der Waals surface area contributed by atoms with E-state index < -0.39 is 0 Å². The van der Waals surface area contributed by atoms with E-state index in [1.807, 2.05) is 36.4 Å². The molecule has 1 aromatic carbocycles. The number of hydrogen-bond acceptors (Lipinski definition) is 6. The summed E-state index contributed by atoms with van der Waals surface area (Å²) in [5.74, 6) is 0.603. The fourth-order valence-corrected chi connectivity index (χ4v) is 4.19. The van der Waals surface area contributed by atoms with Gasteiger partial charge in [-0.1, -0.05) is 30.3 Å². The number of likely N-dealkylation sites (tertiary alicyclic amines) is 1. The molecule has 0 aliphatic carbocycles. The Morgan fingerprint density at radius 1 is 1.03 bits per heavy atom. The fraction of sp³-hybridized carbons (Fsp3) is 0.478. The Morgan fingerprint density at radius 2 is 1.77 bits per heavy atom. The molecule has 164 valence electrons. The van der Waals surface area contributed by atoms with Gasteiger partial charge in [0.2, 0.25) is 17.8 Å². The molecular weight excluding hydrogens is 392 g/mol. The number of rotatable bonds is 8. The molecule has 3 heterocycles. The zero-order valence-electron chi connectivity index (χ0n) is 17.8. The second-order valence-corrected chi connectivity index (χ2v) is 8.18. The standard InChI is InChI=1S/C23H30N6O2/c30-21-16-20(18-29(21)17-19-6-2-1-3-7-19)22(31)24-10-5-11-27-12-14-28(15-13-27)23-25-8-4-9-26-23/h1-4,6-9,20H,5,10-18H2,(H,24,31)/t20-/m0/s1. The maximum atomic E-state index is 12.5. The molecule has 0 radical (unpaired) electrons. The molecule has 2 fully saturated rings. The van der Waals surface area contributed by atoms with Gasteiger partial charge in [0.15, 0.2) is 0 Å². The normalized spacial score (nSPS) is 19.6. The van der Waals surface area contributed by atoms with E-state index in [2.05, 4.69) is 25.1 Å². The van der Waals surface area contributed by atoms with Gasteiger partial charge in [-0.2, -0.15) is 0 Å². The van der Waals surface area contributed by atoms with Gasteiger partial charge in [0.1, 0.15) is 0 Å². The number of carbonyl (C=O) groups excluding carboxylic acids is 2. The molecule has 0 saturated carbocycles. The van der Waals surface area contributed by atoms with Crippen LogP contribution >= 0.6 is 0 Å². The van der Waals surface area contributed by atoms with Crippen molar-refractivity contribution < 1.29 is 9.59 Å². The highest BCUT2D eigenvalue weighted by atomic mass is 16.2. The third-order valence-electron chi connectivity index (χ3n) is 5.96. The highest BCUT2D eigenvalue weighted by Crippen LogP contribution is 2.20. The van der Waals surface area contributed by atoms with Crippen LogP contribution in [0.1, 0.15) is 18.4 Å². The summed E-state index contributed by atoms with van der Waals surface area (Å²) in [5, 5.41) is 3.03. The molecule has 2 aliphatic heterocycles. The van der Waals surface area contributed by atoms with E-state index in [-0.39, 0.29) is 17.7 Å². The van der Waals surface area contributed by atoms with E-state index >= 15 is 0 Å². The number of nitrogens with zero attached hydrogens (tertiary/aromatic N) is 5. The van der Waals surface area contributed by atoms with Gasteiger partial charge in [0.05, 0.1) is 5.92 Å². The Morgan fingerprint density at radius 3 is 2.52 bits per heavy atom. The molecular formula is C23H30N6O2. The number of benzene rings is 1. The summed E-state index contributed by atoms with van der Waals surface area (Å²) in [6.07, 6.45) is 4.76. The van der Waals surface area contributed by atoms with Crippen molar-refractivity contribution in [3.05, 3.63) is 54.4 Å². The summed E-state index contributed by atoms with van der Waals surface area (Å²) in [5.41, 5.74) is 1.09.